The van der Waals surface area contributed by atoms with Crippen LogP contribution >= 0.6 is 0 Å². The third-order valence-electron chi connectivity index (χ3n) is 4.58. The van der Waals surface area contributed by atoms with Crippen molar-refractivity contribution in [2.75, 3.05) is 0 Å². The van der Waals surface area contributed by atoms with E-state index in [-0.39, 0.29) is 12.1 Å². The zero-order valence-corrected chi connectivity index (χ0v) is 18.4. The molecule has 150 valence electrons. The Morgan fingerprint density at radius 1 is 0.923 bits per heavy atom. The van der Waals surface area contributed by atoms with Crippen LogP contribution in [0.25, 0.3) is 0 Å². The van der Waals surface area contributed by atoms with Gasteiger partial charge in [0.15, 0.2) is 0 Å². The summed E-state index contributed by atoms with van der Waals surface area (Å²) in [5, 5.41) is 0. The molecular weight excluding hydrogens is 316 g/mol. The van der Waals surface area contributed by atoms with Crippen molar-refractivity contribution in [1.82, 2.24) is 0 Å². The molecule has 0 heterocycles. The van der Waals surface area contributed by atoms with Gasteiger partial charge in [-0.2, -0.15) is 0 Å². The predicted molar refractivity (Wildman–Crippen MR) is 119 cm³/mol. The lowest BCUT2D eigenvalue weighted by molar-refractivity contribution is 0.587. The van der Waals surface area contributed by atoms with Gasteiger partial charge in [0.25, 0.3) is 0 Å². The molecule has 0 aliphatic rings. The van der Waals surface area contributed by atoms with Crippen molar-refractivity contribution in [1.29, 1.82) is 0 Å². The minimum Gasteiger partial charge on any atom is -0.325 e. The molecule has 0 amide bonds. The lowest BCUT2D eigenvalue weighted by Crippen LogP contribution is -2.18. The fraction of sp³-hybridized carbons (Fsp3) is 0.667. The van der Waals surface area contributed by atoms with Crippen LogP contribution in [0.3, 0.4) is 0 Å². The molecule has 0 aromatic rings. The van der Waals surface area contributed by atoms with E-state index in [4.69, 9.17) is 11.5 Å². The van der Waals surface area contributed by atoms with Crippen LogP contribution in [0.5, 0.6) is 0 Å². The van der Waals surface area contributed by atoms with Crippen molar-refractivity contribution in [3.05, 3.63) is 46.6 Å². The van der Waals surface area contributed by atoms with Crippen LogP contribution in [0.1, 0.15) is 87.0 Å². The molecule has 4 N–H and O–H groups in total. The highest BCUT2D eigenvalue weighted by atomic mass is 14.6. The molecule has 0 aliphatic heterocycles. The zero-order valence-electron chi connectivity index (χ0n) is 18.4. The molecule has 3 unspecified atom stereocenters. The molecule has 2 nitrogen and oxygen atoms in total. The highest BCUT2D eigenvalue weighted by molar-refractivity contribution is 5.17. The molecular formula is C24H44N2. The third kappa shape index (κ3) is 13.1. The summed E-state index contributed by atoms with van der Waals surface area (Å²) in [6.45, 7) is 15.1. The average Bonchev–Trinajstić information content (AvgIpc) is 2.49. The SMILES string of the molecule is CCCC(N)/C=C(/CCC=C(C)C)CC(CC=C(C)C)/C(C)=C/C(C)N. The molecule has 0 aromatic heterocycles. The quantitative estimate of drug-likeness (QED) is 0.393. The van der Waals surface area contributed by atoms with Gasteiger partial charge >= 0.3 is 0 Å². The van der Waals surface area contributed by atoms with Gasteiger partial charge in [0, 0.05) is 12.1 Å². The van der Waals surface area contributed by atoms with Gasteiger partial charge in [-0.15, -0.1) is 0 Å². The summed E-state index contributed by atoms with van der Waals surface area (Å²) in [6, 6.07) is 0.271. The van der Waals surface area contributed by atoms with Crippen molar-refractivity contribution >= 4 is 0 Å². The van der Waals surface area contributed by atoms with E-state index >= 15 is 0 Å². The first kappa shape index (κ1) is 24.9. The molecule has 0 saturated heterocycles. The van der Waals surface area contributed by atoms with Crippen molar-refractivity contribution < 1.29 is 0 Å². The van der Waals surface area contributed by atoms with Gasteiger partial charge in [-0.3, -0.25) is 0 Å². The van der Waals surface area contributed by atoms with E-state index in [0.29, 0.717) is 5.92 Å². The van der Waals surface area contributed by atoms with Gasteiger partial charge < -0.3 is 11.5 Å². The second kappa shape index (κ2) is 14.0. The number of rotatable bonds is 12. The normalized spacial score (nSPS) is 16.0. The second-order valence-corrected chi connectivity index (χ2v) is 8.29. The molecule has 0 aromatic carbocycles. The molecule has 0 aliphatic carbocycles. The van der Waals surface area contributed by atoms with E-state index < -0.39 is 0 Å². The van der Waals surface area contributed by atoms with Gasteiger partial charge in [0.05, 0.1) is 0 Å². The molecule has 0 radical (unpaired) electrons. The van der Waals surface area contributed by atoms with Gasteiger partial charge in [-0.1, -0.05) is 59.9 Å². The van der Waals surface area contributed by atoms with Crippen LogP contribution in [0.15, 0.2) is 46.6 Å². The highest BCUT2D eigenvalue weighted by Crippen LogP contribution is 2.27. The van der Waals surface area contributed by atoms with Gasteiger partial charge in [0.2, 0.25) is 0 Å². The van der Waals surface area contributed by atoms with Crippen LogP contribution in [0, 0.1) is 5.92 Å². The summed E-state index contributed by atoms with van der Waals surface area (Å²) < 4.78 is 0. The standard InChI is InChI=1S/C24H44N2/c1-8-10-24(26)17-22(12-9-11-18(2)3)16-23(14-13-19(4)5)20(6)15-21(7)25/h11,13,15,17,21,23-24H,8-10,12,14,16,25-26H2,1-7H3/b20-15+,22-17-. The summed E-state index contributed by atoms with van der Waals surface area (Å²) in [5.74, 6) is 0.502. The Morgan fingerprint density at radius 3 is 2.04 bits per heavy atom. The minimum atomic E-state index is 0.102. The van der Waals surface area contributed by atoms with E-state index in [1.807, 2.05) is 6.92 Å². The smallest absolute Gasteiger partial charge is 0.0226 e. The maximum absolute atomic E-state index is 6.33. The topological polar surface area (TPSA) is 52.0 Å². The van der Waals surface area contributed by atoms with Crippen molar-refractivity contribution in [3.63, 3.8) is 0 Å². The number of hydrogen-bond donors (Lipinski definition) is 2. The monoisotopic (exact) mass is 360 g/mol. The molecule has 2 heteroatoms. The number of allylic oxidation sites excluding steroid dienone is 6. The van der Waals surface area contributed by atoms with E-state index in [2.05, 4.69) is 65.8 Å². The Bertz CT molecular complexity index is 498. The lowest BCUT2D eigenvalue weighted by Gasteiger charge is -2.21. The van der Waals surface area contributed by atoms with E-state index in [1.165, 1.54) is 22.3 Å². The van der Waals surface area contributed by atoms with Crippen molar-refractivity contribution in [2.24, 2.45) is 17.4 Å². The first-order valence-corrected chi connectivity index (χ1v) is 10.3. The van der Waals surface area contributed by atoms with E-state index in [0.717, 1.165) is 38.5 Å². The summed E-state index contributed by atoms with van der Waals surface area (Å²) in [6.07, 6.45) is 15.7. The first-order chi connectivity index (χ1) is 12.1. The molecule has 0 spiro atoms. The van der Waals surface area contributed by atoms with E-state index in [1.54, 1.807) is 0 Å². The van der Waals surface area contributed by atoms with Crippen molar-refractivity contribution in [3.8, 4) is 0 Å². The molecule has 3 atom stereocenters. The van der Waals surface area contributed by atoms with E-state index in [9.17, 15) is 0 Å². The maximum Gasteiger partial charge on any atom is 0.0226 e. The molecule has 0 rings (SSSR count). The van der Waals surface area contributed by atoms with Gasteiger partial charge in [-0.25, -0.2) is 0 Å². The number of nitrogens with two attached hydrogens (primary N) is 2. The summed E-state index contributed by atoms with van der Waals surface area (Å²) >= 11 is 0. The van der Waals surface area contributed by atoms with Crippen LogP contribution in [0.2, 0.25) is 0 Å². The first-order valence-electron chi connectivity index (χ1n) is 10.3. The minimum absolute atomic E-state index is 0.102. The second-order valence-electron chi connectivity index (χ2n) is 8.29. The Hall–Kier alpha value is -1.12. The third-order valence-corrected chi connectivity index (χ3v) is 4.58. The van der Waals surface area contributed by atoms with Crippen LogP contribution in [-0.2, 0) is 0 Å². The maximum atomic E-state index is 6.33. The Kier molecular flexibility index (Phi) is 13.4. The predicted octanol–water partition coefficient (Wildman–Crippen LogP) is 6.44. The molecule has 0 bridgehead atoms. The molecule has 26 heavy (non-hydrogen) atoms. The van der Waals surface area contributed by atoms with Gasteiger partial charge in [0.1, 0.15) is 0 Å². The van der Waals surface area contributed by atoms with Crippen molar-refractivity contribution in [2.45, 2.75) is 99.1 Å². The zero-order chi connectivity index (χ0) is 20.1. The summed E-state index contributed by atoms with van der Waals surface area (Å²) in [5.41, 5.74) is 18.0. The van der Waals surface area contributed by atoms with Crippen LogP contribution < -0.4 is 11.5 Å². The average molecular weight is 361 g/mol. The summed E-state index contributed by atoms with van der Waals surface area (Å²) in [7, 11) is 0. The Morgan fingerprint density at radius 2 is 1.54 bits per heavy atom. The van der Waals surface area contributed by atoms with Crippen LogP contribution in [0.4, 0.5) is 0 Å². The molecule has 0 saturated carbocycles. The largest absolute Gasteiger partial charge is 0.325 e. The Balaban J connectivity index is 5.42. The fourth-order valence-electron chi connectivity index (χ4n) is 3.19. The highest BCUT2D eigenvalue weighted by Gasteiger charge is 2.14. The number of hydrogen-bond acceptors (Lipinski definition) is 2. The van der Waals surface area contributed by atoms with Gasteiger partial charge in [-0.05, 0) is 79.6 Å². The molecule has 0 fully saturated rings. The fourth-order valence-corrected chi connectivity index (χ4v) is 3.19. The summed E-state index contributed by atoms with van der Waals surface area (Å²) in [4.78, 5) is 0. The lowest BCUT2D eigenvalue weighted by atomic mass is 9.86. The van der Waals surface area contributed by atoms with Crippen LogP contribution in [-0.4, -0.2) is 12.1 Å². The Labute approximate surface area is 163 Å².